The van der Waals surface area contributed by atoms with Crippen LogP contribution in [0.1, 0.15) is 11.3 Å². The minimum atomic E-state index is -0.361. The molecule has 1 N–H and O–H groups in total. The van der Waals surface area contributed by atoms with Crippen LogP contribution in [-0.2, 0) is 11.3 Å². The summed E-state index contributed by atoms with van der Waals surface area (Å²) >= 11 is 6.08. The Hall–Kier alpha value is -3.12. The molecular formula is C21H20ClN3O3. The number of benzene rings is 2. The third-order valence-electron chi connectivity index (χ3n) is 4.15. The van der Waals surface area contributed by atoms with Crippen molar-refractivity contribution in [2.24, 2.45) is 0 Å². The third-order valence-corrected chi connectivity index (χ3v) is 4.39. The van der Waals surface area contributed by atoms with Crippen molar-refractivity contribution >= 4 is 23.2 Å². The number of hydrogen-bond acceptors (Lipinski definition) is 4. The van der Waals surface area contributed by atoms with E-state index < -0.39 is 0 Å². The third kappa shape index (κ3) is 4.40. The van der Waals surface area contributed by atoms with Crippen LogP contribution < -0.4 is 15.6 Å². The average molecular weight is 398 g/mol. The molecule has 3 rings (SSSR count). The van der Waals surface area contributed by atoms with Gasteiger partial charge in [0, 0.05) is 22.3 Å². The van der Waals surface area contributed by atoms with E-state index in [0.717, 1.165) is 5.56 Å². The molecule has 0 saturated carbocycles. The number of carbonyl (C=O) groups is 1. The van der Waals surface area contributed by atoms with Crippen LogP contribution in [0.25, 0.3) is 11.4 Å². The normalized spacial score (nSPS) is 10.6. The van der Waals surface area contributed by atoms with Crippen molar-refractivity contribution in [2.45, 2.75) is 20.4 Å². The van der Waals surface area contributed by atoms with Gasteiger partial charge >= 0.3 is 0 Å². The highest BCUT2D eigenvalue weighted by Crippen LogP contribution is 2.25. The molecule has 2 aromatic carbocycles. The van der Waals surface area contributed by atoms with Gasteiger partial charge in [0.1, 0.15) is 18.1 Å². The molecule has 0 bridgehead atoms. The molecule has 1 amide bonds. The molecule has 0 fully saturated rings. The first-order valence-electron chi connectivity index (χ1n) is 8.66. The smallest absolute Gasteiger partial charge is 0.254 e. The maximum atomic E-state index is 12.7. The molecule has 28 heavy (non-hydrogen) atoms. The summed E-state index contributed by atoms with van der Waals surface area (Å²) in [6.45, 7) is 3.46. The number of anilines is 1. The maximum absolute atomic E-state index is 12.7. The van der Waals surface area contributed by atoms with Gasteiger partial charge in [0.2, 0.25) is 5.91 Å². The minimum absolute atomic E-state index is 0.189. The Balaban J connectivity index is 1.95. The van der Waals surface area contributed by atoms with Crippen molar-refractivity contribution in [2.75, 3.05) is 12.4 Å². The summed E-state index contributed by atoms with van der Waals surface area (Å²) in [7, 11) is 1.53. The van der Waals surface area contributed by atoms with E-state index >= 15 is 0 Å². The number of hydrogen-bond donors (Lipinski definition) is 1. The Morgan fingerprint density at radius 2 is 1.96 bits per heavy atom. The highest BCUT2D eigenvalue weighted by molar-refractivity contribution is 6.30. The summed E-state index contributed by atoms with van der Waals surface area (Å²) in [4.78, 5) is 29.7. The van der Waals surface area contributed by atoms with Crippen LogP contribution in [0.15, 0.2) is 53.3 Å². The number of amides is 1. The Labute approximate surface area is 167 Å². The van der Waals surface area contributed by atoms with Gasteiger partial charge in [-0.3, -0.25) is 14.2 Å². The van der Waals surface area contributed by atoms with Gasteiger partial charge in [0.15, 0.2) is 0 Å². The van der Waals surface area contributed by atoms with E-state index in [9.17, 15) is 9.59 Å². The Kier molecular flexibility index (Phi) is 5.80. The number of rotatable bonds is 5. The maximum Gasteiger partial charge on any atom is 0.254 e. The van der Waals surface area contributed by atoms with E-state index in [1.807, 2.05) is 19.1 Å². The predicted octanol–water partition coefficient (Wildman–Crippen LogP) is 3.83. The molecular weight excluding hydrogens is 378 g/mol. The molecule has 7 heteroatoms. The molecule has 0 aliphatic rings. The molecule has 1 heterocycles. The van der Waals surface area contributed by atoms with Crippen LogP contribution in [0.5, 0.6) is 5.75 Å². The zero-order chi connectivity index (χ0) is 20.3. The van der Waals surface area contributed by atoms with Gasteiger partial charge in [-0.05, 0) is 43.7 Å². The molecule has 1 aromatic heterocycles. The molecule has 144 valence electrons. The predicted molar refractivity (Wildman–Crippen MR) is 110 cm³/mol. The van der Waals surface area contributed by atoms with E-state index in [1.165, 1.54) is 17.7 Å². The molecule has 0 aliphatic heterocycles. The second-order valence-electron chi connectivity index (χ2n) is 6.41. The number of halogens is 1. The van der Waals surface area contributed by atoms with E-state index in [4.69, 9.17) is 16.3 Å². The molecule has 0 radical (unpaired) electrons. The highest BCUT2D eigenvalue weighted by atomic mass is 35.5. The topological polar surface area (TPSA) is 73.2 Å². The van der Waals surface area contributed by atoms with Crippen LogP contribution >= 0.6 is 11.6 Å². The van der Waals surface area contributed by atoms with E-state index in [1.54, 1.807) is 37.3 Å². The van der Waals surface area contributed by atoms with Crippen molar-refractivity contribution in [3.05, 3.63) is 75.2 Å². The summed E-state index contributed by atoms with van der Waals surface area (Å²) < 4.78 is 6.62. The van der Waals surface area contributed by atoms with E-state index in [2.05, 4.69) is 10.3 Å². The van der Waals surface area contributed by atoms with Crippen molar-refractivity contribution in [1.29, 1.82) is 0 Å². The van der Waals surface area contributed by atoms with Gasteiger partial charge in [-0.15, -0.1) is 0 Å². The van der Waals surface area contributed by atoms with Crippen LogP contribution in [0.3, 0.4) is 0 Å². The van der Waals surface area contributed by atoms with Gasteiger partial charge in [0.05, 0.1) is 12.8 Å². The Bertz CT molecular complexity index is 1090. The van der Waals surface area contributed by atoms with Crippen molar-refractivity contribution < 1.29 is 9.53 Å². The number of nitrogens with zero attached hydrogens (tertiary/aromatic N) is 2. The second-order valence-corrected chi connectivity index (χ2v) is 6.84. The van der Waals surface area contributed by atoms with Crippen molar-refractivity contribution in [3.63, 3.8) is 0 Å². The first-order valence-corrected chi connectivity index (χ1v) is 9.04. The second kappa shape index (κ2) is 8.27. The lowest BCUT2D eigenvalue weighted by atomic mass is 10.2. The number of aromatic nitrogens is 2. The fourth-order valence-corrected chi connectivity index (χ4v) is 3.06. The quantitative estimate of drug-likeness (QED) is 0.710. The zero-order valence-corrected chi connectivity index (χ0v) is 16.6. The van der Waals surface area contributed by atoms with Gasteiger partial charge in [-0.25, -0.2) is 4.98 Å². The highest BCUT2D eigenvalue weighted by Gasteiger charge is 2.15. The minimum Gasteiger partial charge on any atom is -0.495 e. The number of carbonyl (C=O) groups excluding carboxylic acids is 1. The average Bonchev–Trinajstić information content (AvgIpc) is 2.64. The molecule has 0 aliphatic carbocycles. The molecule has 6 nitrogen and oxygen atoms in total. The first kappa shape index (κ1) is 19.6. The molecule has 0 atom stereocenters. The van der Waals surface area contributed by atoms with Crippen LogP contribution in [0, 0.1) is 13.8 Å². The monoisotopic (exact) mass is 397 g/mol. The molecule has 0 spiro atoms. The molecule has 0 unspecified atom stereocenters. The molecule has 0 saturated heterocycles. The standard InChI is InChI=1S/C21H20ClN3O3/c1-13-7-8-18(28-3)17(9-13)24-19(26)12-25-20(27)10-14(2)23-21(25)15-5-4-6-16(22)11-15/h4-11H,12H2,1-3H3,(H,24,26). The number of methoxy groups -OCH3 is 1. The van der Waals surface area contributed by atoms with Gasteiger partial charge in [0.25, 0.3) is 5.56 Å². The van der Waals surface area contributed by atoms with Gasteiger partial charge in [-0.2, -0.15) is 0 Å². The van der Waals surface area contributed by atoms with Gasteiger partial charge in [-0.1, -0.05) is 29.8 Å². The lowest BCUT2D eigenvalue weighted by molar-refractivity contribution is -0.116. The van der Waals surface area contributed by atoms with E-state index in [-0.39, 0.29) is 18.0 Å². The van der Waals surface area contributed by atoms with Gasteiger partial charge < -0.3 is 10.1 Å². The number of aryl methyl sites for hydroxylation is 2. The summed E-state index contributed by atoms with van der Waals surface area (Å²) in [5, 5.41) is 3.33. The van der Waals surface area contributed by atoms with Crippen molar-refractivity contribution in [1.82, 2.24) is 9.55 Å². The summed E-state index contributed by atoms with van der Waals surface area (Å²) in [5.41, 5.74) is 2.44. The number of nitrogens with one attached hydrogen (secondary N) is 1. The van der Waals surface area contributed by atoms with Crippen LogP contribution in [0.2, 0.25) is 5.02 Å². The summed E-state index contributed by atoms with van der Waals surface area (Å²) in [5.74, 6) is 0.571. The molecule has 3 aromatic rings. The fourth-order valence-electron chi connectivity index (χ4n) is 2.87. The van der Waals surface area contributed by atoms with Crippen LogP contribution in [-0.4, -0.2) is 22.6 Å². The lowest BCUT2D eigenvalue weighted by Gasteiger charge is -2.14. The summed E-state index contributed by atoms with van der Waals surface area (Å²) in [6.07, 6.45) is 0. The Morgan fingerprint density at radius 3 is 2.68 bits per heavy atom. The summed E-state index contributed by atoms with van der Waals surface area (Å²) in [6, 6.07) is 13.9. The Morgan fingerprint density at radius 1 is 1.18 bits per heavy atom. The largest absolute Gasteiger partial charge is 0.495 e. The number of ether oxygens (including phenoxy) is 1. The van der Waals surface area contributed by atoms with E-state index in [0.29, 0.717) is 33.5 Å². The zero-order valence-electron chi connectivity index (χ0n) is 15.8. The first-order chi connectivity index (χ1) is 13.4. The van der Waals surface area contributed by atoms with Crippen molar-refractivity contribution in [3.8, 4) is 17.1 Å². The van der Waals surface area contributed by atoms with Crippen LogP contribution in [0.4, 0.5) is 5.69 Å². The SMILES string of the molecule is COc1ccc(C)cc1NC(=O)Cn1c(-c2cccc(Cl)c2)nc(C)cc1=O. The lowest BCUT2D eigenvalue weighted by Crippen LogP contribution is -2.29. The fraction of sp³-hybridized carbons (Fsp3) is 0.190.